The molecule has 4 fully saturated rings. The summed E-state index contributed by atoms with van der Waals surface area (Å²) in [5.74, 6) is 0.800. The van der Waals surface area contributed by atoms with Crippen molar-refractivity contribution < 1.29 is 10.2 Å². The largest absolute Gasteiger partial charge is 0.389 e. The third-order valence-electron chi connectivity index (χ3n) is 7.26. The third kappa shape index (κ3) is 0.986. The predicted octanol–water partition coefficient (Wildman–Crippen LogP) is 2.72. The minimum atomic E-state index is -0.678. The lowest BCUT2D eigenvalue weighted by molar-refractivity contribution is -0.347. The Hall–Kier alpha value is -0.0800. The molecule has 0 heterocycles. The Morgan fingerprint density at radius 3 is 2.29 bits per heavy atom. The molecule has 98 valence electrons. The molecule has 0 radical (unpaired) electrons. The van der Waals surface area contributed by atoms with Gasteiger partial charge in [0, 0.05) is 5.41 Å². The van der Waals surface area contributed by atoms with Crippen LogP contribution in [0.2, 0.25) is 0 Å². The van der Waals surface area contributed by atoms with Gasteiger partial charge in [0.25, 0.3) is 0 Å². The maximum absolute atomic E-state index is 11.3. The van der Waals surface area contributed by atoms with E-state index in [1.807, 2.05) is 0 Å². The first kappa shape index (κ1) is 12.0. The maximum atomic E-state index is 11.3. The molecule has 0 amide bonds. The van der Waals surface area contributed by atoms with Crippen LogP contribution in [0.15, 0.2) is 0 Å². The Morgan fingerprint density at radius 1 is 1.00 bits per heavy atom. The van der Waals surface area contributed by atoms with Crippen LogP contribution in [-0.2, 0) is 0 Å². The standard InChI is InChI=1S/C15H26O2/c1-10-5-8-15(17)12(2,3)11-6-7-13(15,4)14(10,16)9-11/h10-11,16-17H,5-9H2,1-4H3/t10-,11+,13-,14+,15+/m0/s1. The van der Waals surface area contributed by atoms with Gasteiger partial charge in [-0.3, -0.25) is 0 Å². The highest BCUT2D eigenvalue weighted by Crippen LogP contribution is 2.72. The van der Waals surface area contributed by atoms with E-state index >= 15 is 0 Å². The summed E-state index contributed by atoms with van der Waals surface area (Å²) in [6.45, 7) is 8.73. The van der Waals surface area contributed by atoms with Gasteiger partial charge in [-0.15, -0.1) is 0 Å². The zero-order valence-electron chi connectivity index (χ0n) is 11.6. The van der Waals surface area contributed by atoms with Crippen LogP contribution in [0.1, 0.15) is 59.8 Å². The van der Waals surface area contributed by atoms with Crippen molar-refractivity contribution in [3.63, 3.8) is 0 Å². The Balaban J connectivity index is 2.20. The molecular weight excluding hydrogens is 212 g/mol. The fourth-order valence-corrected chi connectivity index (χ4v) is 5.62. The van der Waals surface area contributed by atoms with Gasteiger partial charge in [0.2, 0.25) is 0 Å². The smallest absolute Gasteiger partial charge is 0.0782 e. The molecular formula is C15H26O2. The summed E-state index contributed by atoms with van der Waals surface area (Å²) in [4.78, 5) is 0. The zero-order valence-corrected chi connectivity index (χ0v) is 11.6. The lowest BCUT2D eigenvalue weighted by Crippen LogP contribution is -2.78. The van der Waals surface area contributed by atoms with Crippen molar-refractivity contribution in [2.75, 3.05) is 0 Å². The molecule has 4 aliphatic rings. The summed E-state index contributed by atoms with van der Waals surface area (Å²) in [5, 5.41) is 22.5. The van der Waals surface area contributed by atoms with Gasteiger partial charge in [0.1, 0.15) is 0 Å². The second-order valence-corrected chi connectivity index (χ2v) is 7.72. The molecule has 4 saturated carbocycles. The number of aliphatic hydroxyl groups is 2. The molecule has 0 unspecified atom stereocenters. The molecule has 4 rings (SSSR count). The van der Waals surface area contributed by atoms with E-state index in [2.05, 4.69) is 27.7 Å². The summed E-state index contributed by atoms with van der Waals surface area (Å²) in [6.07, 6.45) is 4.86. The van der Waals surface area contributed by atoms with Gasteiger partial charge in [0.15, 0.2) is 0 Å². The maximum Gasteiger partial charge on any atom is 0.0782 e. The van der Waals surface area contributed by atoms with Gasteiger partial charge in [-0.05, 0) is 49.4 Å². The summed E-state index contributed by atoms with van der Waals surface area (Å²) in [6, 6.07) is 0. The van der Waals surface area contributed by atoms with Gasteiger partial charge in [-0.2, -0.15) is 0 Å². The lowest BCUT2D eigenvalue weighted by Gasteiger charge is -2.74. The van der Waals surface area contributed by atoms with Gasteiger partial charge in [0.05, 0.1) is 11.2 Å². The van der Waals surface area contributed by atoms with Crippen molar-refractivity contribution in [2.24, 2.45) is 22.7 Å². The van der Waals surface area contributed by atoms with Gasteiger partial charge >= 0.3 is 0 Å². The van der Waals surface area contributed by atoms with Crippen LogP contribution in [0.3, 0.4) is 0 Å². The summed E-state index contributed by atoms with van der Waals surface area (Å²) in [5.41, 5.74) is -1.68. The van der Waals surface area contributed by atoms with E-state index in [9.17, 15) is 10.2 Å². The molecule has 4 aliphatic carbocycles. The van der Waals surface area contributed by atoms with Crippen LogP contribution < -0.4 is 0 Å². The minimum absolute atomic E-state index is 0.0492. The molecule has 17 heavy (non-hydrogen) atoms. The molecule has 0 saturated heterocycles. The second-order valence-electron chi connectivity index (χ2n) is 7.72. The van der Waals surface area contributed by atoms with E-state index in [1.54, 1.807) is 0 Å². The van der Waals surface area contributed by atoms with Crippen molar-refractivity contribution in [3.8, 4) is 0 Å². The average molecular weight is 238 g/mol. The molecule has 0 aliphatic heterocycles. The Morgan fingerprint density at radius 2 is 1.65 bits per heavy atom. The molecule has 4 bridgehead atoms. The zero-order chi connectivity index (χ0) is 12.7. The Bertz CT molecular complexity index is 364. The second kappa shape index (κ2) is 2.91. The number of hydrogen-bond acceptors (Lipinski definition) is 2. The first-order chi connectivity index (χ1) is 7.69. The summed E-state index contributed by atoms with van der Waals surface area (Å²) >= 11 is 0. The van der Waals surface area contributed by atoms with E-state index < -0.39 is 11.2 Å². The number of fused-ring (bicyclic) bond motifs is 1. The highest BCUT2D eigenvalue weighted by molar-refractivity contribution is 5.25. The average Bonchev–Trinajstić information content (AvgIpc) is 2.25. The Kier molecular flexibility index (Phi) is 2.05. The minimum Gasteiger partial charge on any atom is -0.389 e. The predicted molar refractivity (Wildman–Crippen MR) is 67.5 cm³/mol. The van der Waals surface area contributed by atoms with Crippen LogP contribution >= 0.6 is 0 Å². The topological polar surface area (TPSA) is 40.5 Å². The van der Waals surface area contributed by atoms with Crippen LogP contribution in [0.4, 0.5) is 0 Å². The molecule has 2 nitrogen and oxygen atoms in total. The Labute approximate surface area is 104 Å². The SMILES string of the molecule is C[C@H]1CC[C@@]2(O)C(C)(C)[C@@H]3CC[C@@]2(C)[C@@]1(O)C3. The number of rotatable bonds is 0. The van der Waals surface area contributed by atoms with Crippen LogP contribution in [0.5, 0.6) is 0 Å². The molecule has 0 spiro atoms. The van der Waals surface area contributed by atoms with Crippen molar-refractivity contribution in [1.82, 2.24) is 0 Å². The first-order valence-electron chi connectivity index (χ1n) is 7.14. The monoisotopic (exact) mass is 238 g/mol. The molecule has 0 aromatic rings. The van der Waals surface area contributed by atoms with E-state index in [4.69, 9.17) is 0 Å². The molecule has 2 heteroatoms. The van der Waals surface area contributed by atoms with Gasteiger partial charge in [-0.1, -0.05) is 27.7 Å². The van der Waals surface area contributed by atoms with Crippen molar-refractivity contribution >= 4 is 0 Å². The van der Waals surface area contributed by atoms with Crippen LogP contribution in [0, 0.1) is 22.7 Å². The summed E-state index contributed by atoms with van der Waals surface area (Å²) < 4.78 is 0. The van der Waals surface area contributed by atoms with Gasteiger partial charge < -0.3 is 10.2 Å². The third-order valence-corrected chi connectivity index (χ3v) is 7.26. The van der Waals surface area contributed by atoms with Gasteiger partial charge in [-0.25, -0.2) is 0 Å². The quantitative estimate of drug-likeness (QED) is 0.681. The van der Waals surface area contributed by atoms with E-state index in [-0.39, 0.29) is 10.8 Å². The van der Waals surface area contributed by atoms with Crippen molar-refractivity contribution in [1.29, 1.82) is 0 Å². The van der Waals surface area contributed by atoms with Crippen LogP contribution in [-0.4, -0.2) is 21.4 Å². The fraction of sp³-hybridized carbons (Fsp3) is 1.00. The highest BCUT2D eigenvalue weighted by Gasteiger charge is 2.75. The normalized spacial score (nSPS) is 60.4. The highest BCUT2D eigenvalue weighted by atomic mass is 16.3. The van der Waals surface area contributed by atoms with Crippen LogP contribution in [0.25, 0.3) is 0 Å². The lowest BCUT2D eigenvalue weighted by atomic mass is 9.34. The summed E-state index contributed by atoms with van der Waals surface area (Å²) in [7, 11) is 0. The molecule has 5 atom stereocenters. The van der Waals surface area contributed by atoms with Crippen molar-refractivity contribution in [3.05, 3.63) is 0 Å². The fourth-order valence-electron chi connectivity index (χ4n) is 5.62. The molecule has 0 aromatic heterocycles. The first-order valence-corrected chi connectivity index (χ1v) is 7.14. The van der Waals surface area contributed by atoms with E-state index in [1.165, 1.54) is 6.42 Å². The van der Waals surface area contributed by atoms with E-state index in [0.717, 1.165) is 25.7 Å². The molecule has 0 aromatic carbocycles. The number of hydrogen-bond donors (Lipinski definition) is 2. The van der Waals surface area contributed by atoms with E-state index in [0.29, 0.717) is 11.8 Å². The van der Waals surface area contributed by atoms with Crippen molar-refractivity contribution in [2.45, 2.75) is 71.0 Å². The molecule has 2 N–H and O–H groups in total.